The van der Waals surface area contributed by atoms with Crippen molar-refractivity contribution in [3.63, 3.8) is 0 Å². The van der Waals surface area contributed by atoms with Gasteiger partial charge < -0.3 is 0 Å². The van der Waals surface area contributed by atoms with Gasteiger partial charge in [0.2, 0.25) is 0 Å². The van der Waals surface area contributed by atoms with Gasteiger partial charge in [-0.15, -0.1) is 0 Å². The second-order valence-electron chi connectivity index (χ2n) is 21.9. The molecule has 1 aliphatic heterocycles. The number of aryl methyl sites for hydroxylation is 1. The van der Waals surface area contributed by atoms with E-state index >= 15 is 0 Å². The summed E-state index contributed by atoms with van der Waals surface area (Å²) in [5, 5.41) is 2.30. The van der Waals surface area contributed by atoms with Crippen molar-refractivity contribution >= 4 is 56.8 Å². The molecule has 0 saturated heterocycles. The van der Waals surface area contributed by atoms with Crippen LogP contribution in [0, 0.1) is 16.1 Å². The molecule has 0 unspecified atom stereocenters. The number of benzene rings is 8. The summed E-state index contributed by atoms with van der Waals surface area (Å²) in [6.07, 6.45) is 0. The van der Waals surface area contributed by atoms with E-state index in [0.29, 0.717) is 26.6 Å². The van der Waals surface area contributed by atoms with Crippen LogP contribution in [0.5, 0.6) is 11.6 Å². The molecule has 12 rings (SSSR count). The molecule has 0 radical (unpaired) electrons. The summed E-state index contributed by atoms with van der Waals surface area (Å²) in [6, 6.07) is 54.4. The summed E-state index contributed by atoms with van der Waals surface area (Å²) in [7, 11) is 0. The first-order valence-electron chi connectivity index (χ1n) is 29.1. The zero-order chi connectivity index (χ0) is 58.1. The van der Waals surface area contributed by atoms with Crippen molar-refractivity contribution in [2.45, 2.75) is 73.1 Å². The Morgan fingerprint density at radius 1 is 0.595 bits per heavy atom. The van der Waals surface area contributed by atoms with Gasteiger partial charge in [-0.3, -0.25) is 0 Å². The Labute approximate surface area is 457 Å². The van der Waals surface area contributed by atoms with E-state index in [4.69, 9.17) is 17.9 Å². The molecule has 1 aliphatic rings. The van der Waals surface area contributed by atoms with E-state index in [9.17, 15) is 2.74 Å². The molecular weight excluding hydrogens is 1080 g/mol. The first-order chi connectivity index (χ1) is 38.9. The molecule has 0 fully saturated rings. The topological polar surface area (TPSA) is 40.1 Å². The number of ether oxygens (including phenoxy) is 1. The van der Waals surface area contributed by atoms with Crippen LogP contribution in [0.1, 0.15) is 83.0 Å². The molecule has 0 saturated carbocycles. The normalized spacial score (nSPS) is 14.7. The third kappa shape index (κ3) is 7.82. The van der Waals surface area contributed by atoms with Gasteiger partial charge >= 0.3 is 377 Å². The van der Waals surface area contributed by atoms with E-state index in [1.165, 1.54) is 0 Å². The molecule has 4 heterocycles. The second-order valence-corrected chi connectivity index (χ2v) is 22.9. The maximum absolute atomic E-state index is 9.55. The van der Waals surface area contributed by atoms with Crippen molar-refractivity contribution in [2.75, 3.05) is 4.81 Å². The fourth-order valence-electron chi connectivity index (χ4n) is 10.5. The van der Waals surface area contributed by atoms with Crippen LogP contribution in [-0.4, -0.2) is 25.6 Å². The van der Waals surface area contributed by atoms with Crippen LogP contribution in [-0.2, 0) is 30.2 Å². The molecule has 0 atom stereocenters. The Hall–Kier alpha value is -7.47. The van der Waals surface area contributed by atoms with Gasteiger partial charge in [-0.1, -0.05) is 60.7 Å². The first kappa shape index (κ1) is 39.1. The fraction of sp³-hybridized carbons (Fsp3) is 0.182. The van der Waals surface area contributed by atoms with Crippen molar-refractivity contribution in [3.05, 3.63) is 221 Å². The molecule has 8 heteroatoms. The minimum atomic E-state index is -2.58. The number of pyridine rings is 1. The Bertz CT molecular complexity index is 4450. The number of para-hydroxylation sites is 4. The van der Waals surface area contributed by atoms with E-state index in [-0.39, 0.29) is 52.7 Å². The Morgan fingerprint density at radius 2 is 1.26 bits per heavy atom. The van der Waals surface area contributed by atoms with Gasteiger partial charge in [-0.2, -0.15) is 0 Å². The van der Waals surface area contributed by atoms with Crippen LogP contribution in [0.2, 0.25) is 0 Å². The van der Waals surface area contributed by atoms with Crippen molar-refractivity contribution in [3.8, 4) is 45.3 Å². The number of nitrogens with zero attached hydrogens (tertiary/aromatic N) is 5. The number of anilines is 2. The number of rotatable bonds is 9. The number of fused-ring (bicyclic) bond motifs is 4. The van der Waals surface area contributed by atoms with Crippen molar-refractivity contribution in [1.29, 1.82) is 0 Å². The van der Waals surface area contributed by atoms with Crippen LogP contribution in [0.25, 0.3) is 66.5 Å². The molecule has 6 nitrogen and oxygen atoms in total. The Kier molecular flexibility index (Phi) is 9.44. The van der Waals surface area contributed by atoms with Gasteiger partial charge in [0.05, 0.1) is 0 Å². The Balaban J connectivity index is 1.07. The van der Waals surface area contributed by atoms with E-state index in [1.54, 1.807) is 24.3 Å². The summed E-state index contributed by atoms with van der Waals surface area (Å²) in [5.41, 5.74) is 10.2. The number of imidazole rings is 1. The second kappa shape index (κ2) is 17.9. The van der Waals surface area contributed by atoms with E-state index in [0.717, 1.165) is 66.2 Å². The van der Waals surface area contributed by atoms with Crippen LogP contribution in [0.4, 0.5) is 11.5 Å². The van der Waals surface area contributed by atoms with Gasteiger partial charge in [-0.05, 0) is 6.07 Å². The van der Waals surface area contributed by atoms with Crippen LogP contribution >= 0.6 is 0 Å². The summed E-state index contributed by atoms with van der Waals surface area (Å²) in [6.45, 7) is 14.6. The average molecular weight is 1150 g/mol. The summed E-state index contributed by atoms with van der Waals surface area (Å²) in [5.74, 6) is 0.906. The average Bonchev–Trinajstić information content (AvgIpc) is 2.33. The van der Waals surface area contributed by atoms with Gasteiger partial charge in [0, 0.05) is 16.3 Å². The van der Waals surface area contributed by atoms with Crippen molar-refractivity contribution in [2.24, 2.45) is 5.41 Å². The molecule has 3 aromatic heterocycles. The molecule has 368 valence electrons. The minimum absolute atomic E-state index is 0.0000418. The third-order valence-corrected chi connectivity index (χ3v) is 16.4. The van der Waals surface area contributed by atoms with Crippen LogP contribution in [0.15, 0.2) is 200 Å². The van der Waals surface area contributed by atoms with Gasteiger partial charge in [0.15, 0.2) is 0 Å². The molecule has 0 aliphatic carbocycles. The summed E-state index contributed by atoms with van der Waals surface area (Å²) >= 11 is 2.30. The summed E-state index contributed by atoms with van der Waals surface area (Å²) < 4.78 is 86.2. The molecule has 0 bridgehead atoms. The summed E-state index contributed by atoms with van der Waals surface area (Å²) in [4.78, 5) is 7.40. The maximum atomic E-state index is 9.55. The van der Waals surface area contributed by atoms with Crippen LogP contribution < -0.4 is 15.0 Å². The van der Waals surface area contributed by atoms with E-state index < -0.39 is 30.4 Å². The van der Waals surface area contributed by atoms with Crippen molar-refractivity contribution in [1.82, 2.24) is 18.6 Å². The molecule has 11 aromatic rings. The Morgan fingerprint density at radius 3 is 1.99 bits per heavy atom. The number of hydrogen-bond donors (Lipinski definition) is 0. The SMILES string of the molecule is [2H]c1c([2H])c([2H])c(-c2cc(C(C)(C)C(C)(C)C)cc(-c3cccc(C(C)(C)C)c3)c2-n2[c](=[Pt])n(-c3ccc(C([2H])([2H])[2H])c(Oc4cccc(N5B(c6ccccc6)n6c7ccccc7c7cccc5c76)n4)c3)c3ccccc32)c([2H])c1[2H]. The predicted octanol–water partition coefficient (Wildman–Crippen LogP) is 16.5. The molecule has 0 N–H and O–H groups in total. The first-order valence-corrected chi connectivity index (χ1v) is 26.2. The quantitative estimate of drug-likeness (QED) is 0.135. The third-order valence-electron chi connectivity index (χ3n) is 15.4. The molecule has 74 heavy (non-hydrogen) atoms. The molecule has 0 amide bonds. The fourth-order valence-corrected chi connectivity index (χ4v) is 11.6. The monoisotopic (exact) mass is 1150 g/mol. The van der Waals surface area contributed by atoms with Gasteiger partial charge in [0.1, 0.15) is 0 Å². The van der Waals surface area contributed by atoms with E-state index in [1.807, 2.05) is 65.2 Å². The molecule has 0 spiro atoms. The van der Waals surface area contributed by atoms with Crippen LogP contribution in [0.3, 0.4) is 0 Å². The number of aromatic nitrogens is 4. The predicted molar refractivity (Wildman–Crippen MR) is 306 cm³/mol. The standard InChI is InChI=1S/C66H60BN5O.Pt/c1-44-37-38-50(42-59(44)73-61-36-22-35-60(68-61)71-58-34-21-30-52-51-29-16-17-31-55(51)72(63(52)58)67(71)49-27-14-11-15-28-49)69-43-70(57-33-19-18-32-56(57)69)62-53(45-23-12-10-13-24-45)40-48(66(8,9)65(5,6)7)41-54(62)46-25-20-26-47(39-46)64(2,3)4;/h10-42H,1-9H3;/i1D3,10D,12D,13D,23D,24D;. The molecule has 8 aromatic carbocycles. The van der Waals surface area contributed by atoms with Gasteiger partial charge in [-0.25, -0.2) is 0 Å². The molecular formula is C66H60BN5OPt. The zero-order valence-electron chi connectivity index (χ0n) is 50.7. The van der Waals surface area contributed by atoms with Crippen molar-refractivity contribution < 1.29 is 35.1 Å². The van der Waals surface area contributed by atoms with E-state index in [2.05, 4.69) is 174 Å². The van der Waals surface area contributed by atoms with Gasteiger partial charge in [0.25, 0.3) is 0 Å². The zero-order valence-corrected chi connectivity index (χ0v) is 45.0. The number of hydrogen-bond acceptors (Lipinski definition) is 3.